The third kappa shape index (κ3) is 18.4. The highest BCUT2D eigenvalue weighted by molar-refractivity contribution is 5.86. The van der Waals surface area contributed by atoms with Crippen LogP contribution >= 0.6 is 0 Å². The third-order valence-electron chi connectivity index (χ3n) is 2.14. The lowest BCUT2D eigenvalue weighted by molar-refractivity contribution is -0.140. The van der Waals surface area contributed by atoms with Gasteiger partial charge in [0.05, 0.1) is 13.2 Å². The molecule has 0 rings (SSSR count). The predicted molar refractivity (Wildman–Crippen MR) is 85.9 cm³/mol. The standard InChI is InChI=1S/C9H16O2.C8H14O2/c1-4-5-6-7-11-9(10)8(2)3;1-5-7(9)10-6-8(2,3)4/h2,4-7H2,1,3H3;5H,1,6H2,2-4H3. The molecule has 0 aliphatic carbocycles. The van der Waals surface area contributed by atoms with E-state index in [-0.39, 0.29) is 17.4 Å². The third-order valence-corrected chi connectivity index (χ3v) is 2.14. The predicted octanol–water partition coefficient (Wildman–Crippen LogP) is 4.06. The zero-order valence-corrected chi connectivity index (χ0v) is 14.2. The first-order chi connectivity index (χ1) is 9.64. The SMILES string of the molecule is C=C(C)C(=O)OCCCCC.C=CC(=O)OCC(C)(C)C. The fourth-order valence-electron chi connectivity index (χ4n) is 0.987. The quantitative estimate of drug-likeness (QED) is 0.404. The van der Waals surface area contributed by atoms with Crippen LogP contribution in [0.15, 0.2) is 24.8 Å². The minimum absolute atomic E-state index is 0.0403. The minimum atomic E-state index is -0.352. The molecule has 4 heteroatoms. The second-order valence-corrected chi connectivity index (χ2v) is 6.00. The minimum Gasteiger partial charge on any atom is -0.462 e. The van der Waals surface area contributed by atoms with E-state index in [4.69, 9.17) is 9.47 Å². The monoisotopic (exact) mass is 298 g/mol. The van der Waals surface area contributed by atoms with E-state index < -0.39 is 0 Å². The van der Waals surface area contributed by atoms with Crippen molar-refractivity contribution in [3.63, 3.8) is 0 Å². The molecule has 0 bridgehead atoms. The van der Waals surface area contributed by atoms with E-state index in [9.17, 15) is 9.59 Å². The number of esters is 2. The van der Waals surface area contributed by atoms with Gasteiger partial charge in [-0.1, -0.05) is 53.7 Å². The molecule has 0 aliphatic heterocycles. The summed E-state index contributed by atoms with van der Waals surface area (Å²) in [5.74, 6) is -0.629. The molecule has 0 N–H and O–H groups in total. The van der Waals surface area contributed by atoms with Crippen molar-refractivity contribution < 1.29 is 19.1 Å². The van der Waals surface area contributed by atoms with E-state index in [1.54, 1.807) is 6.92 Å². The summed E-state index contributed by atoms with van der Waals surface area (Å²) in [4.78, 5) is 21.3. The van der Waals surface area contributed by atoms with Crippen LogP contribution < -0.4 is 0 Å². The Bertz CT molecular complexity index is 337. The van der Waals surface area contributed by atoms with E-state index >= 15 is 0 Å². The molecule has 0 saturated carbocycles. The molecule has 122 valence electrons. The van der Waals surface area contributed by atoms with Crippen molar-refractivity contribution in [1.82, 2.24) is 0 Å². The average molecular weight is 298 g/mol. The highest BCUT2D eigenvalue weighted by atomic mass is 16.5. The molecule has 0 atom stereocenters. The molecule has 0 fully saturated rings. The Balaban J connectivity index is 0. The van der Waals surface area contributed by atoms with Crippen LogP contribution in [0.5, 0.6) is 0 Å². The second kappa shape index (κ2) is 12.2. The molecule has 0 aliphatic rings. The van der Waals surface area contributed by atoms with Crippen molar-refractivity contribution in [1.29, 1.82) is 0 Å². The van der Waals surface area contributed by atoms with Crippen LogP contribution in [-0.4, -0.2) is 25.2 Å². The first kappa shape index (κ1) is 21.7. The lowest BCUT2D eigenvalue weighted by Crippen LogP contribution is -2.16. The first-order valence-electron chi connectivity index (χ1n) is 7.25. The molecule has 0 unspecified atom stereocenters. The van der Waals surface area contributed by atoms with Gasteiger partial charge in [-0.25, -0.2) is 9.59 Å². The maximum absolute atomic E-state index is 10.8. The van der Waals surface area contributed by atoms with E-state index in [2.05, 4.69) is 20.1 Å². The van der Waals surface area contributed by atoms with Crippen molar-refractivity contribution >= 4 is 11.9 Å². The van der Waals surface area contributed by atoms with Gasteiger partial charge in [0.15, 0.2) is 0 Å². The van der Waals surface area contributed by atoms with Gasteiger partial charge in [0.25, 0.3) is 0 Å². The summed E-state index contributed by atoms with van der Waals surface area (Å²) in [7, 11) is 0. The Morgan fingerprint density at radius 1 is 1.14 bits per heavy atom. The zero-order chi connectivity index (χ0) is 16.9. The van der Waals surface area contributed by atoms with Crippen LogP contribution in [0.4, 0.5) is 0 Å². The van der Waals surface area contributed by atoms with Gasteiger partial charge in [0, 0.05) is 11.6 Å². The van der Waals surface area contributed by atoms with Crippen molar-refractivity contribution in [3.05, 3.63) is 24.8 Å². The number of unbranched alkanes of at least 4 members (excludes halogenated alkanes) is 2. The molecular formula is C17H30O4. The van der Waals surface area contributed by atoms with Gasteiger partial charge in [0.1, 0.15) is 0 Å². The maximum atomic E-state index is 10.8. The summed E-state index contributed by atoms with van der Waals surface area (Å²) in [6, 6.07) is 0. The lowest BCUT2D eigenvalue weighted by atomic mass is 9.99. The largest absolute Gasteiger partial charge is 0.462 e. The Kier molecular flexibility index (Phi) is 12.6. The van der Waals surface area contributed by atoms with Gasteiger partial charge in [-0.15, -0.1) is 0 Å². The summed E-state index contributed by atoms with van der Waals surface area (Å²) in [6.45, 7) is 17.5. The Morgan fingerprint density at radius 2 is 1.71 bits per heavy atom. The molecule has 21 heavy (non-hydrogen) atoms. The summed E-state index contributed by atoms with van der Waals surface area (Å²) in [6.07, 6.45) is 4.38. The molecular weight excluding hydrogens is 268 g/mol. The average Bonchev–Trinajstić information content (AvgIpc) is 2.40. The Labute approximate surface area is 129 Å². The number of carbonyl (C=O) groups excluding carboxylic acids is 2. The van der Waals surface area contributed by atoms with Gasteiger partial charge < -0.3 is 9.47 Å². The molecule has 0 aromatic carbocycles. The zero-order valence-electron chi connectivity index (χ0n) is 14.2. The topological polar surface area (TPSA) is 52.6 Å². The number of ether oxygens (including phenoxy) is 2. The number of rotatable bonds is 7. The number of carbonyl (C=O) groups is 2. The van der Waals surface area contributed by atoms with Gasteiger partial charge in [-0.2, -0.15) is 0 Å². The van der Waals surface area contributed by atoms with Crippen LogP contribution in [0.3, 0.4) is 0 Å². The summed E-state index contributed by atoms with van der Waals surface area (Å²) < 4.78 is 9.67. The first-order valence-corrected chi connectivity index (χ1v) is 7.25. The molecule has 0 heterocycles. The van der Waals surface area contributed by atoms with Crippen LogP contribution in [0, 0.1) is 5.41 Å². The molecule has 0 saturated heterocycles. The maximum Gasteiger partial charge on any atom is 0.333 e. The Hall–Kier alpha value is -1.58. The van der Waals surface area contributed by atoms with Gasteiger partial charge in [0.2, 0.25) is 0 Å². The number of hydrogen-bond donors (Lipinski definition) is 0. The summed E-state index contributed by atoms with van der Waals surface area (Å²) in [5, 5.41) is 0. The highest BCUT2D eigenvalue weighted by Crippen LogP contribution is 2.12. The van der Waals surface area contributed by atoms with Crippen LogP contribution in [0.1, 0.15) is 53.9 Å². The van der Waals surface area contributed by atoms with Crippen molar-refractivity contribution in [3.8, 4) is 0 Å². The van der Waals surface area contributed by atoms with Crippen LogP contribution in [0.25, 0.3) is 0 Å². The van der Waals surface area contributed by atoms with Gasteiger partial charge in [-0.05, 0) is 18.8 Å². The molecule has 0 amide bonds. The lowest BCUT2D eigenvalue weighted by Gasteiger charge is -2.16. The fourth-order valence-corrected chi connectivity index (χ4v) is 0.987. The molecule has 0 aromatic rings. The molecule has 0 radical (unpaired) electrons. The van der Waals surface area contributed by atoms with Gasteiger partial charge >= 0.3 is 11.9 Å². The fraction of sp³-hybridized carbons (Fsp3) is 0.647. The second-order valence-electron chi connectivity index (χ2n) is 6.00. The number of hydrogen-bond acceptors (Lipinski definition) is 4. The van der Waals surface area contributed by atoms with E-state index in [1.165, 1.54) is 6.08 Å². The Morgan fingerprint density at radius 3 is 2.10 bits per heavy atom. The van der Waals surface area contributed by atoms with E-state index in [1.807, 2.05) is 20.8 Å². The molecule has 0 aromatic heterocycles. The summed E-state index contributed by atoms with van der Waals surface area (Å²) in [5.41, 5.74) is 0.514. The van der Waals surface area contributed by atoms with Crippen LogP contribution in [-0.2, 0) is 19.1 Å². The van der Waals surface area contributed by atoms with E-state index in [0.717, 1.165) is 19.3 Å². The van der Waals surface area contributed by atoms with Crippen LogP contribution in [0.2, 0.25) is 0 Å². The summed E-state index contributed by atoms with van der Waals surface area (Å²) >= 11 is 0. The van der Waals surface area contributed by atoms with E-state index in [0.29, 0.717) is 18.8 Å². The molecule has 4 nitrogen and oxygen atoms in total. The normalized spacial score (nSPS) is 9.95. The van der Waals surface area contributed by atoms with Gasteiger partial charge in [-0.3, -0.25) is 0 Å². The van der Waals surface area contributed by atoms with Crippen molar-refractivity contribution in [2.75, 3.05) is 13.2 Å². The smallest absolute Gasteiger partial charge is 0.333 e. The highest BCUT2D eigenvalue weighted by Gasteiger charge is 2.11. The molecule has 0 spiro atoms. The van der Waals surface area contributed by atoms with Crippen molar-refractivity contribution in [2.45, 2.75) is 53.9 Å². The van der Waals surface area contributed by atoms with Crippen molar-refractivity contribution in [2.24, 2.45) is 5.41 Å².